The minimum Gasteiger partial charge on any atom is -0.457 e. The number of pyridine rings is 1. The van der Waals surface area contributed by atoms with Gasteiger partial charge in [0.2, 0.25) is 5.91 Å². The smallest absolute Gasteiger partial charge is 0.338 e. The first kappa shape index (κ1) is 22.1. The molecule has 0 unspecified atom stereocenters. The molecule has 0 bridgehead atoms. The molecule has 11 nitrogen and oxygen atoms in total. The second-order valence-corrected chi connectivity index (χ2v) is 9.22. The second kappa shape index (κ2) is 8.99. The van der Waals surface area contributed by atoms with E-state index in [1.165, 1.54) is 11.0 Å². The number of fused-ring (bicyclic) bond motifs is 2. The van der Waals surface area contributed by atoms with Gasteiger partial charge in [-0.2, -0.15) is 4.68 Å². The number of halogens is 1. The standard InChI is InChI=1S/C23H22ClN7O4/c24-22-17(3-2-16-18(22)12-35-23(16)33)19-10-29-5-6-30(9-15(29)11-34-19)21(32)7-14-1-4-20(25-8-14)31-13-26-27-28-31/h1-4,8,13,15,19H,5-7,9-12H2/t15-,19+/m0/s1. The lowest BCUT2D eigenvalue weighted by Gasteiger charge is -2.46. The van der Waals surface area contributed by atoms with E-state index in [1.807, 2.05) is 17.0 Å². The van der Waals surface area contributed by atoms with Gasteiger partial charge in [0.05, 0.1) is 35.8 Å². The molecule has 2 aromatic heterocycles. The van der Waals surface area contributed by atoms with E-state index in [1.54, 1.807) is 18.3 Å². The Morgan fingerprint density at radius 2 is 2.09 bits per heavy atom. The van der Waals surface area contributed by atoms with E-state index in [0.29, 0.717) is 42.6 Å². The molecule has 0 radical (unpaired) electrons. The monoisotopic (exact) mass is 495 g/mol. The minimum atomic E-state index is -0.335. The lowest BCUT2D eigenvalue weighted by Crippen LogP contribution is -2.59. The van der Waals surface area contributed by atoms with Crippen molar-refractivity contribution in [3.8, 4) is 5.82 Å². The Balaban J connectivity index is 1.07. The average Bonchev–Trinajstić information content (AvgIpc) is 3.55. The van der Waals surface area contributed by atoms with Crippen LogP contribution in [0.15, 0.2) is 36.8 Å². The molecular weight excluding hydrogens is 474 g/mol. The summed E-state index contributed by atoms with van der Waals surface area (Å²) in [5.74, 6) is 0.324. The molecule has 2 atom stereocenters. The van der Waals surface area contributed by atoms with Crippen LogP contribution in [-0.2, 0) is 27.3 Å². The number of amides is 1. The van der Waals surface area contributed by atoms with Gasteiger partial charge in [-0.25, -0.2) is 9.78 Å². The second-order valence-electron chi connectivity index (χ2n) is 8.84. The number of carbonyl (C=O) groups is 2. The van der Waals surface area contributed by atoms with Crippen LogP contribution in [0.4, 0.5) is 0 Å². The first-order valence-corrected chi connectivity index (χ1v) is 11.7. The molecule has 1 aromatic carbocycles. The predicted octanol–water partition coefficient (Wildman–Crippen LogP) is 1.21. The minimum absolute atomic E-state index is 0.0649. The zero-order valence-electron chi connectivity index (χ0n) is 18.7. The number of carbonyl (C=O) groups excluding carboxylic acids is 2. The molecule has 35 heavy (non-hydrogen) atoms. The van der Waals surface area contributed by atoms with Gasteiger partial charge in [0.25, 0.3) is 0 Å². The van der Waals surface area contributed by atoms with Crippen molar-refractivity contribution in [1.29, 1.82) is 0 Å². The van der Waals surface area contributed by atoms with Crippen molar-refractivity contribution >= 4 is 23.5 Å². The molecule has 1 amide bonds. The molecule has 180 valence electrons. The van der Waals surface area contributed by atoms with Crippen LogP contribution >= 0.6 is 11.6 Å². The normalized spacial score (nSPS) is 22.0. The van der Waals surface area contributed by atoms with Gasteiger partial charge in [0, 0.05) is 43.5 Å². The van der Waals surface area contributed by atoms with Gasteiger partial charge in [-0.05, 0) is 28.1 Å². The lowest BCUT2D eigenvalue weighted by atomic mass is 9.99. The van der Waals surface area contributed by atoms with Crippen LogP contribution < -0.4 is 0 Å². The summed E-state index contributed by atoms with van der Waals surface area (Å²) in [5.41, 5.74) is 2.97. The molecule has 0 N–H and O–H groups in total. The van der Waals surface area contributed by atoms with Crippen molar-refractivity contribution in [1.82, 2.24) is 35.0 Å². The van der Waals surface area contributed by atoms with E-state index in [-0.39, 0.29) is 37.0 Å². The number of piperazine rings is 1. The number of hydrogen-bond acceptors (Lipinski definition) is 9. The number of nitrogens with zero attached hydrogens (tertiary/aromatic N) is 7. The van der Waals surface area contributed by atoms with Crippen molar-refractivity contribution in [2.45, 2.75) is 25.2 Å². The van der Waals surface area contributed by atoms with Crippen LogP contribution in [0.2, 0.25) is 5.02 Å². The highest BCUT2D eigenvalue weighted by Gasteiger charge is 2.37. The topological polar surface area (TPSA) is 116 Å². The van der Waals surface area contributed by atoms with E-state index in [9.17, 15) is 9.59 Å². The Kier molecular flexibility index (Phi) is 5.67. The SMILES string of the molecule is O=C1OCc2c1ccc([C@H]1CN3CCN(C(=O)Cc4ccc(-n5cnnn5)nc4)C[C@H]3CO1)c2Cl. The van der Waals surface area contributed by atoms with Crippen LogP contribution in [0.3, 0.4) is 0 Å². The number of benzene rings is 1. The summed E-state index contributed by atoms with van der Waals surface area (Å²) in [4.78, 5) is 33.3. The highest BCUT2D eigenvalue weighted by molar-refractivity contribution is 6.32. The summed E-state index contributed by atoms with van der Waals surface area (Å²) in [5, 5.41) is 11.6. The Bertz CT molecular complexity index is 1270. The molecule has 2 saturated heterocycles. The van der Waals surface area contributed by atoms with Gasteiger partial charge < -0.3 is 14.4 Å². The van der Waals surface area contributed by atoms with Crippen molar-refractivity contribution < 1.29 is 19.1 Å². The number of cyclic esters (lactones) is 1. The summed E-state index contributed by atoms with van der Waals surface area (Å²) in [6.07, 6.45) is 3.24. The van der Waals surface area contributed by atoms with Crippen molar-refractivity contribution in [3.63, 3.8) is 0 Å². The number of rotatable bonds is 4. The van der Waals surface area contributed by atoms with Crippen LogP contribution in [0.25, 0.3) is 5.82 Å². The summed E-state index contributed by atoms with van der Waals surface area (Å²) < 4.78 is 12.7. The summed E-state index contributed by atoms with van der Waals surface area (Å²) in [6.45, 7) is 3.41. The maximum absolute atomic E-state index is 13.0. The largest absolute Gasteiger partial charge is 0.457 e. The Morgan fingerprint density at radius 1 is 1.17 bits per heavy atom. The third kappa shape index (κ3) is 4.15. The predicted molar refractivity (Wildman–Crippen MR) is 122 cm³/mol. The van der Waals surface area contributed by atoms with E-state index >= 15 is 0 Å². The van der Waals surface area contributed by atoms with Crippen molar-refractivity contribution in [2.24, 2.45) is 0 Å². The Morgan fingerprint density at radius 3 is 2.89 bits per heavy atom. The van der Waals surface area contributed by atoms with E-state index < -0.39 is 0 Å². The van der Waals surface area contributed by atoms with Gasteiger partial charge in [-0.3, -0.25) is 9.69 Å². The summed E-state index contributed by atoms with van der Waals surface area (Å²) in [6, 6.07) is 7.41. The number of morpholine rings is 1. The lowest BCUT2D eigenvalue weighted by molar-refractivity contribution is -0.139. The van der Waals surface area contributed by atoms with Gasteiger partial charge in [0.1, 0.15) is 12.9 Å². The van der Waals surface area contributed by atoms with Crippen LogP contribution in [-0.4, -0.2) is 85.7 Å². The number of esters is 1. The molecule has 6 rings (SSSR count). The van der Waals surface area contributed by atoms with Crippen molar-refractivity contribution in [3.05, 3.63) is 64.1 Å². The highest BCUT2D eigenvalue weighted by atomic mass is 35.5. The first-order valence-electron chi connectivity index (χ1n) is 11.4. The molecular formula is C23H22ClN7O4. The molecule has 0 aliphatic carbocycles. The number of tetrazole rings is 1. The Labute approximate surface area is 205 Å². The van der Waals surface area contributed by atoms with Crippen LogP contribution in [0.1, 0.15) is 33.2 Å². The van der Waals surface area contributed by atoms with Crippen LogP contribution in [0, 0.1) is 0 Å². The van der Waals surface area contributed by atoms with Gasteiger partial charge >= 0.3 is 5.97 Å². The third-order valence-electron chi connectivity index (χ3n) is 6.78. The zero-order chi connectivity index (χ0) is 23.9. The molecule has 0 spiro atoms. The van der Waals surface area contributed by atoms with Crippen LogP contribution in [0.5, 0.6) is 0 Å². The van der Waals surface area contributed by atoms with E-state index in [0.717, 1.165) is 23.2 Å². The molecule has 3 aliphatic rings. The Hall–Kier alpha value is -3.41. The molecule has 5 heterocycles. The number of aromatic nitrogens is 5. The van der Waals surface area contributed by atoms with E-state index in [2.05, 4.69) is 25.4 Å². The summed E-state index contributed by atoms with van der Waals surface area (Å²) >= 11 is 6.61. The third-order valence-corrected chi connectivity index (χ3v) is 7.23. The molecule has 12 heteroatoms. The zero-order valence-corrected chi connectivity index (χ0v) is 19.5. The van der Waals surface area contributed by atoms with E-state index in [4.69, 9.17) is 21.1 Å². The first-order chi connectivity index (χ1) is 17.1. The maximum atomic E-state index is 13.0. The quantitative estimate of drug-likeness (QED) is 0.492. The molecule has 3 aliphatic heterocycles. The maximum Gasteiger partial charge on any atom is 0.338 e. The average molecular weight is 496 g/mol. The fourth-order valence-electron chi connectivity index (χ4n) is 4.84. The molecule has 0 saturated carbocycles. The summed E-state index contributed by atoms with van der Waals surface area (Å²) in [7, 11) is 0. The molecule has 2 fully saturated rings. The number of hydrogen-bond donors (Lipinski definition) is 0. The van der Waals surface area contributed by atoms with Gasteiger partial charge in [0.15, 0.2) is 5.82 Å². The number of ether oxygens (including phenoxy) is 2. The fraction of sp³-hybridized carbons (Fsp3) is 0.391. The highest BCUT2D eigenvalue weighted by Crippen LogP contribution is 2.37. The van der Waals surface area contributed by atoms with Crippen molar-refractivity contribution in [2.75, 3.05) is 32.8 Å². The molecule has 3 aromatic rings. The van der Waals surface area contributed by atoms with Gasteiger partial charge in [-0.15, -0.1) is 5.10 Å². The fourth-order valence-corrected chi connectivity index (χ4v) is 5.19. The van der Waals surface area contributed by atoms with Gasteiger partial charge in [-0.1, -0.05) is 23.7 Å².